The summed E-state index contributed by atoms with van der Waals surface area (Å²) in [5.41, 5.74) is -11.9. The van der Waals surface area contributed by atoms with Gasteiger partial charge in [-0.15, -0.1) is 0 Å². The second-order valence-electron chi connectivity index (χ2n) is 34.2. The quantitative estimate of drug-likeness (QED) is 0.00358. The van der Waals surface area contributed by atoms with Gasteiger partial charge in [-0.3, -0.25) is 61.0 Å². The van der Waals surface area contributed by atoms with E-state index in [1.165, 1.54) is 62.6 Å². The Labute approximate surface area is 844 Å². The molecule has 4 aliphatic rings. The number of ether oxygens (including phenoxy) is 7. The second-order valence-corrected chi connectivity index (χ2v) is 41.8. The van der Waals surface area contributed by atoms with Gasteiger partial charge in [-0.05, 0) is 155 Å². The lowest BCUT2D eigenvalue weighted by Crippen LogP contribution is -2.45. The fourth-order valence-corrected chi connectivity index (χ4v) is 20.2. The third-order valence-electron chi connectivity index (χ3n) is 21.2. The molecule has 7 aromatic rings. The molecule has 0 aliphatic carbocycles. The maximum atomic E-state index is 16.4. The van der Waals surface area contributed by atoms with Gasteiger partial charge in [0.25, 0.3) is 26.2 Å². The van der Waals surface area contributed by atoms with Crippen LogP contribution in [0.2, 0.25) is 0 Å². The van der Waals surface area contributed by atoms with E-state index >= 15 is 13.2 Å². The maximum Gasteiger partial charge on any atom is 0.351 e. The van der Waals surface area contributed by atoms with Crippen LogP contribution in [0.15, 0.2) is 159 Å². The van der Waals surface area contributed by atoms with Crippen LogP contribution < -0.4 is 43.5 Å². The molecular weight excluding hydrogens is 2040 g/mol. The number of carbonyl (C=O) groups excluding carboxylic acids is 6. The van der Waals surface area contributed by atoms with Crippen LogP contribution in [0.4, 0.5) is 40.8 Å². The van der Waals surface area contributed by atoms with Crippen molar-refractivity contribution in [3.05, 3.63) is 233 Å². The molecule has 0 spiro atoms. The highest BCUT2D eigenvalue weighted by Gasteiger charge is 2.62. The largest absolute Gasteiger partial charge is 0.456 e. The predicted molar refractivity (Wildman–Crippen MR) is 523 cm³/mol. The summed E-state index contributed by atoms with van der Waals surface area (Å²) in [5, 5.41) is 27.0. The number of halogens is 6. The van der Waals surface area contributed by atoms with Crippen molar-refractivity contribution in [3.63, 3.8) is 0 Å². The first kappa shape index (κ1) is 121. The molecule has 55 heteroatoms. The molecule has 4 aliphatic heterocycles. The number of hydrogen-bond acceptors (Lipinski definition) is 34. The molecule has 145 heavy (non-hydrogen) atoms. The van der Waals surface area contributed by atoms with Crippen molar-refractivity contribution in [2.45, 2.75) is 224 Å². The molecule has 4 aromatic heterocycles. The number of carbonyl (C=O) groups is 6. The number of hydrogen-bond donors (Lipinski definition) is 7. The molecule has 3 aromatic carbocycles. The van der Waals surface area contributed by atoms with Crippen LogP contribution in [-0.2, 0) is 83.8 Å². The van der Waals surface area contributed by atoms with Gasteiger partial charge < -0.3 is 106 Å². The lowest BCUT2D eigenvalue weighted by atomic mass is 9.98. The van der Waals surface area contributed by atoms with Crippen molar-refractivity contribution in [3.8, 4) is 0 Å². The minimum absolute atomic E-state index is 0.0195. The van der Waals surface area contributed by atoms with Gasteiger partial charge in [-0.25, -0.2) is 65.8 Å². The van der Waals surface area contributed by atoms with Crippen LogP contribution in [0.3, 0.4) is 0 Å². The summed E-state index contributed by atoms with van der Waals surface area (Å²) in [6, 6.07) is 31.1. The van der Waals surface area contributed by atoms with Crippen LogP contribution in [0.25, 0.3) is 14.5 Å². The van der Waals surface area contributed by atoms with Gasteiger partial charge in [0.2, 0.25) is 27.3 Å². The molecule has 0 saturated carbocycles. The van der Waals surface area contributed by atoms with Gasteiger partial charge in [0.05, 0.1) is 26.4 Å². The van der Waals surface area contributed by atoms with E-state index in [2.05, 4.69) is 92.1 Å². The van der Waals surface area contributed by atoms with Crippen molar-refractivity contribution >= 4 is 113 Å². The molecular formula is C90H117Cl2F4N17O28P4. The van der Waals surface area contributed by atoms with Crippen LogP contribution in [-0.4, -0.2) is 273 Å². The molecule has 7 N–H and O–H groups in total. The smallest absolute Gasteiger partial charge is 0.351 e. The summed E-state index contributed by atoms with van der Waals surface area (Å²) < 4.78 is 164. The monoisotopic (exact) mass is 2150 g/mol. The number of amides is 3. The Bertz CT molecular complexity index is 5980. The van der Waals surface area contributed by atoms with Gasteiger partial charge in [-0.2, -0.15) is 19.9 Å². The molecule has 4 fully saturated rings. The topological polar surface area (TPSA) is 524 Å². The third-order valence-corrected chi connectivity index (χ3v) is 27.9. The standard InChI is InChI=1S/C28H37FN5O7P.C23H26FN4O8P.C19H20FN3O6.C11H16ClFN3O6P.C9H18ClN2OP/c1-18(2)34(19(3)4)42(38-16-14-30-7)39-17-22-24(40-20(5)35)28(6,29)26(41-22)33-15-13-23(32-27(33)37)31-25(36)21-11-9-8-10-12-21;1-15(29)35-19-17(14-34-37(4,32)33-13-11-25-3)36-21(23(19,2)24)28-12-10-18(27-22(28)31)26-20(30)16-8-6-5-7-9-16;1-11(25)28-15-13(10-24)29-17(19(15,2)20)23-9-8-14(22-18(23)27)21-16(26)12-6-4-3-5-7-12;1-11(13)8(17)6(5-21-23(2,19)20)22-9(11)16-4-3-7(15-12)14-10(16)18;1-8(2)12(9(3)4)14(10)13-7-6-11-5/h8-13,15,18-19,22,24,26H,14,16-17H2,1-6H3,(H,31,32,36,37);5-10,12,17,19,21H,11,13-14H2,1-2,4H3,(H,26,27,30,31);3-9,13,15,17,24H,10H2,1-2H3,(H,21,22,26,27);3-4,6,8-9,17H,5H2,1-2H3,(H,19,20)(H,14,15,18);8-9H,6-7H2,1-4H3. The molecule has 20 unspecified atom stereocenters. The van der Waals surface area contributed by atoms with Gasteiger partial charge in [-0.1, -0.05) is 54.6 Å². The predicted octanol–water partition coefficient (Wildman–Crippen LogP) is 12.4. The highest BCUT2D eigenvalue weighted by atomic mass is 35.7. The number of alkyl halides is 4. The van der Waals surface area contributed by atoms with Gasteiger partial charge in [0.15, 0.2) is 65.9 Å². The van der Waals surface area contributed by atoms with Crippen molar-refractivity contribution in [1.82, 2.24) is 47.5 Å². The lowest BCUT2D eigenvalue weighted by molar-refractivity contribution is -0.156. The molecule has 0 bridgehead atoms. The molecule has 4 saturated heterocycles. The number of anilines is 4. The number of rotatable bonds is 39. The average molecular weight is 2160 g/mol. The van der Waals surface area contributed by atoms with Crippen LogP contribution in [0.1, 0.15) is 160 Å². The van der Waals surface area contributed by atoms with E-state index in [1.54, 1.807) is 91.0 Å². The average Bonchev–Trinajstić information content (AvgIpc) is 1.62. The first-order chi connectivity index (χ1) is 68.1. The van der Waals surface area contributed by atoms with E-state index < -0.39 is 206 Å². The summed E-state index contributed by atoms with van der Waals surface area (Å²) >= 11 is 11.5. The lowest BCUT2D eigenvalue weighted by Gasteiger charge is -2.36. The number of nitrogens with one attached hydrogen (secondary N) is 4. The van der Waals surface area contributed by atoms with E-state index in [1.807, 2.05) is 32.4 Å². The van der Waals surface area contributed by atoms with Crippen LogP contribution in [0, 0.1) is 19.7 Å². The highest BCUT2D eigenvalue weighted by molar-refractivity contribution is 7.78. The van der Waals surface area contributed by atoms with Crippen molar-refractivity contribution < 1.29 is 131 Å². The number of benzene rings is 3. The van der Waals surface area contributed by atoms with Gasteiger partial charge in [0, 0.05) is 112 Å². The van der Waals surface area contributed by atoms with Crippen molar-refractivity contribution in [2.75, 3.05) is 100.0 Å². The Kier molecular flexibility index (Phi) is 46.3. The number of esters is 3. The Balaban J connectivity index is 0.000000255. The Morgan fingerprint density at radius 2 is 0.779 bits per heavy atom. The zero-order chi connectivity index (χ0) is 108. The zero-order valence-electron chi connectivity index (χ0n) is 82.0. The summed E-state index contributed by atoms with van der Waals surface area (Å²) in [6.45, 7) is 45.7. The highest BCUT2D eigenvalue weighted by Crippen LogP contribution is 2.53. The minimum atomic E-state index is -3.82. The SMILES string of the molecule is CC(=O)OC1C(CO)OC(n2ccc(NC(=O)c3ccccc3)nc2=O)C1(C)F.CC1(F)C(O)C(COP(C)(=O)O)OC1n1ccc(NCl)nc1=O.[C-]#[N+]CCOP(C)(=O)OCC1OC(n2ccc(NC(=O)c3ccccc3)nc2=O)C(C)(F)C1OC(C)=O.[C-]#[N+]CCOP(Cl)N(C(C)C)C(C)C.[C-]#[N+]CCOP(OCC1OC(n2ccc(NC(=O)c3ccccc3)nc2=O)C(C)(F)C1OC(C)=O)N(C(C)C)C(C)C. The van der Waals surface area contributed by atoms with Crippen molar-refractivity contribution in [1.29, 1.82) is 0 Å². The summed E-state index contributed by atoms with van der Waals surface area (Å²) in [4.78, 5) is 158. The Morgan fingerprint density at radius 3 is 1.11 bits per heavy atom. The van der Waals surface area contributed by atoms with E-state index in [4.69, 9.17) is 103 Å². The summed E-state index contributed by atoms with van der Waals surface area (Å²) in [5.74, 6) is -3.74. The molecule has 3 amide bonds. The minimum Gasteiger partial charge on any atom is -0.456 e. The second kappa shape index (κ2) is 55.3. The van der Waals surface area contributed by atoms with E-state index in [-0.39, 0.29) is 68.3 Å². The molecule has 20 atom stereocenters. The molecule has 792 valence electrons. The molecule has 45 nitrogen and oxygen atoms in total. The van der Waals surface area contributed by atoms with Crippen LogP contribution >= 0.6 is 54.4 Å². The molecule has 8 heterocycles. The van der Waals surface area contributed by atoms with Crippen molar-refractivity contribution in [2.24, 2.45) is 0 Å². The fourth-order valence-electron chi connectivity index (χ4n) is 14.8. The number of nitrogens with zero attached hydrogens (tertiary/aromatic N) is 13. The van der Waals surface area contributed by atoms with E-state index in [0.29, 0.717) is 41.9 Å². The molecule has 11 rings (SSSR count). The summed E-state index contributed by atoms with van der Waals surface area (Å²) in [7, 11) is -10.2. The fraction of sp³-hybridized carbons (Fsp3) is 0.522. The zero-order valence-corrected chi connectivity index (χ0v) is 87.1. The normalized spacial score (nSPS) is 24.7. The maximum absolute atomic E-state index is 16.4. The van der Waals surface area contributed by atoms with E-state index in [0.717, 1.165) is 66.5 Å². The first-order valence-corrected chi connectivity index (χ1v) is 52.3. The Hall–Kier alpha value is -10.7. The van der Waals surface area contributed by atoms with E-state index in [9.17, 15) is 71.7 Å². The summed E-state index contributed by atoms with van der Waals surface area (Å²) in [6.07, 6.45) is -12.0. The van der Waals surface area contributed by atoms with Crippen LogP contribution in [0.5, 0.6) is 0 Å². The first-order valence-electron chi connectivity index (χ1n) is 44.6. The third kappa shape index (κ3) is 34.4. The number of aliphatic hydroxyl groups excluding tert-OH is 2. The number of aliphatic hydroxyl groups is 2. The van der Waals surface area contributed by atoms with Gasteiger partial charge in [0.1, 0.15) is 73.6 Å². The molecule has 0 radical (unpaired) electrons. The Morgan fingerprint density at radius 1 is 0.469 bits per heavy atom. The van der Waals surface area contributed by atoms with Gasteiger partial charge >= 0.3 is 55.9 Å². The number of aromatic nitrogens is 8.